The van der Waals surface area contributed by atoms with E-state index in [9.17, 15) is 16.8 Å². The fourth-order valence-corrected chi connectivity index (χ4v) is 5.26. The van der Waals surface area contributed by atoms with E-state index in [1.54, 1.807) is 18.2 Å². The molecule has 0 fully saturated rings. The number of aryl methyl sites for hydroxylation is 2. The number of anilines is 1. The number of benzene rings is 2. The first-order chi connectivity index (χ1) is 12.2. The molecule has 0 unspecified atom stereocenters. The average Bonchev–Trinajstić information content (AvgIpc) is 2.60. The molecule has 140 valence electrons. The van der Waals surface area contributed by atoms with E-state index in [2.05, 4.69) is 6.92 Å². The largest absolute Gasteiger partial charge is 0.266 e. The fourth-order valence-electron chi connectivity index (χ4n) is 3.19. The highest BCUT2D eigenvalue weighted by Crippen LogP contribution is 2.33. The molecule has 0 atom stereocenters. The van der Waals surface area contributed by atoms with Gasteiger partial charge < -0.3 is 0 Å². The normalized spacial score (nSPS) is 14.9. The predicted octanol–water partition coefficient (Wildman–Crippen LogP) is 2.43. The van der Waals surface area contributed by atoms with E-state index in [0.29, 0.717) is 25.1 Å². The Morgan fingerprint density at radius 3 is 2.27 bits per heavy atom. The number of rotatable bonds is 5. The summed E-state index contributed by atoms with van der Waals surface area (Å²) >= 11 is 0. The van der Waals surface area contributed by atoms with E-state index in [4.69, 9.17) is 5.14 Å². The summed E-state index contributed by atoms with van der Waals surface area (Å²) in [6.07, 6.45) is 3.25. The SMILES string of the molecule is CCCc1ccc(S(=O)(=O)N2CCCc3ccc(S(N)(=O)=O)cc32)cc1. The van der Waals surface area contributed by atoms with Gasteiger partial charge in [0.1, 0.15) is 0 Å². The van der Waals surface area contributed by atoms with Crippen LogP contribution in [-0.2, 0) is 32.9 Å². The lowest BCUT2D eigenvalue weighted by molar-refractivity contribution is 0.585. The fraction of sp³-hybridized carbons (Fsp3) is 0.333. The first-order valence-corrected chi connectivity index (χ1v) is 11.5. The summed E-state index contributed by atoms with van der Waals surface area (Å²) in [6, 6.07) is 11.3. The molecule has 0 aliphatic carbocycles. The lowest BCUT2D eigenvalue weighted by Crippen LogP contribution is -2.35. The molecule has 0 aromatic heterocycles. The van der Waals surface area contributed by atoms with Crippen LogP contribution in [-0.4, -0.2) is 23.4 Å². The molecule has 3 rings (SSSR count). The Morgan fingerprint density at radius 1 is 1.00 bits per heavy atom. The van der Waals surface area contributed by atoms with Crippen molar-refractivity contribution in [2.75, 3.05) is 10.8 Å². The standard InChI is InChI=1S/C18H22N2O4S2/c1-2-4-14-6-9-16(10-7-14)26(23,24)20-12-3-5-15-8-11-17(13-18(15)20)25(19,21)22/h6-11,13H,2-5,12H2,1H3,(H2,19,21,22). The van der Waals surface area contributed by atoms with Crippen LogP contribution in [0, 0.1) is 0 Å². The van der Waals surface area contributed by atoms with Gasteiger partial charge in [-0.15, -0.1) is 0 Å². The molecule has 0 amide bonds. The first-order valence-electron chi connectivity index (χ1n) is 8.51. The molecule has 0 saturated heterocycles. The Labute approximate surface area is 154 Å². The summed E-state index contributed by atoms with van der Waals surface area (Å²) in [4.78, 5) is 0.114. The number of hydrogen-bond acceptors (Lipinski definition) is 4. The van der Waals surface area contributed by atoms with Crippen molar-refractivity contribution < 1.29 is 16.8 Å². The Bertz CT molecular complexity index is 1010. The number of sulfonamides is 2. The van der Waals surface area contributed by atoms with Crippen LogP contribution in [0.1, 0.15) is 30.9 Å². The van der Waals surface area contributed by atoms with Gasteiger partial charge in [0, 0.05) is 6.54 Å². The zero-order chi connectivity index (χ0) is 18.9. The summed E-state index contributed by atoms with van der Waals surface area (Å²) in [5.74, 6) is 0. The average molecular weight is 395 g/mol. The minimum Gasteiger partial charge on any atom is -0.266 e. The molecule has 1 aliphatic rings. The van der Waals surface area contributed by atoms with Crippen molar-refractivity contribution >= 4 is 25.7 Å². The van der Waals surface area contributed by atoms with Gasteiger partial charge in [-0.25, -0.2) is 22.0 Å². The molecular weight excluding hydrogens is 372 g/mol. The summed E-state index contributed by atoms with van der Waals surface area (Å²) in [5.41, 5.74) is 2.28. The van der Waals surface area contributed by atoms with Crippen LogP contribution in [0.4, 0.5) is 5.69 Å². The highest BCUT2D eigenvalue weighted by atomic mass is 32.2. The maximum Gasteiger partial charge on any atom is 0.264 e. The van der Waals surface area contributed by atoms with Crippen LogP contribution in [0.5, 0.6) is 0 Å². The molecule has 8 heteroatoms. The summed E-state index contributed by atoms with van der Waals surface area (Å²) < 4.78 is 50.8. The highest BCUT2D eigenvalue weighted by Gasteiger charge is 2.30. The summed E-state index contributed by atoms with van der Waals surface area (Å²) in [5, 5.41) is 5.20. The molecule has 26 heavy (non-hydrogen) atoms. The van der Waals surface area contributed by atoms with Crippen molar-refractivity contribution in [2.24, 2.45) is 5.14 Å². The molecular formula is C18H22N2O4S2. The maximum absolute atomic E-state index is 13.1. The third-order valence-electron chi connectivity index (χ3n) is 4.51. The van der Waals surface area contributed by atoms with Gasteiger partial charge >= 0.3 is 0 Å². The van der Waals surface area contributed by atoms with Gasteiger partial charge in [-0.3, -0.25) is 4.31 Å². The number of fused-ring (bicyclic) bond motifs is 1. The van der Waals surface area contributed by atoms with Gasteiger partial charge in [0.15, 0.2) is 0 Å². The third kappa shape index (κ3) is 3.62. The van der Waals surface area contributed by atoms with E-state index in [0.717, 1.165) is 24.0 Å². The quantitative estimate of drug-likeness (QED) is 0.842. The van der Waals surface area contributed by atoms with E-state index in [1.165, 1.54) is 16.4 Å². The Morgan fingerprint density at radius 2 is 1.65 bits per heavy atom. The molecule has 0 spiro atoms. The second-order valence-corrected chi connectivity index (χ2v) is 9.83. The molecule has 1 aliphatic heterocycles. The van der Waals surface area contributed by atoms with Gasteiger partial charge in [-0.05, 0) is 54.7 Å². The number of hydrogen-bond donors (Lipinski definition) is 1. The molecule has 2 aromatic carbocycles. The van der Waals surface area contributed by atoms with Crippen LogP contribution in [0.3, 0.4) is 0 Å². The van der Waals surface area contributed by atoms with E-state index in [-0.39, 0.29) is 9.79 Å². The van der Waals surface area contributed by atoms with Crippen LogP contribution >= 0.6 is 0 Å². The van der Waals surface area contributed by atoms with Crippen molar-refractivity contribution in [3.05, 3.63) is 53.6 Å². The topological polar surface area (TPSA) is 97.5 Å². The smallest absolute Gasteiger partial charge is 0.264 e. The van der Waals surface area contributed by atoms with Crippen molar-refractivity contribution in [2.45, 2.75) is 42.4 Å². The van der Waals surface area contributed by atoms with Crippen molar-refractivity contribution in [3.63, 3.8) is 0 Å². The molecule has 1 heterocycles. The molecule has 0 saturated carbocycles. The zero-order valence-electron chi connectivity index (χ0n) is 14.6. The molecule has 6 nitrogen and oxygen atoms in total. The monoisotopic (exact) mass is 394 g/mol. The Hall–Kier alpha value is -1.90. The second-order valence-electron chi connectivity index (χ2n) is 6.41. The number of nitrogens with zero attached hydrogens (tertiary/aromatic N) is 1. The Kier molecular flexibility index (Phi) is 5.09. The van der Waals surface area contributed by atoms with Gasteiger partial charge in [0.25, 0.3) is 10.0 Å². The van der Waals surface area contributed by atoms with E-state index < -0.39 is 20.0 Å². The van der Waals surface area contributed by atoms with Crippen molar-refractivity contribution in [1.82, 2.24) is 0 Å². The van der Waals surface area contributed by atoms with Crippen LogP contribution in [0.25, 0.3) is 0 Å². The summed E-state index contributed by atoms with van der Waals surface area (Å²) in [6.45, 7) is 2.37. The van der Waals surface area contributed by atoms with E-state index in [1.807, 2.05) is 12.1 Å². The van der Waals surface area contributed by atoms with Crippen LogP contribution in [0.2, 0.25) is 0 Å². The lowest BCUT2D eigenvalue weighted by Gasteiger charge is -2.30. The van der Waals surface area contributed by atoms with Gasteiger partial charge in [-0.2, -0.15) is 0 Å². The minimum atomic E-state index is -3.90. The minimum absolute atomic E-state index is 0.0864. The van der Waals surface area contributed by atoms with Gasteiger partial charge in [-0.1, -0.05) is 31.5 Å². The number of primary sulfonamides is 1. The third-order valence-corrected chi connectivity index (χ3v) is 7.25. The molecule has 0 radical (unpaired) electrons. The lowest BCUT2D eigenvalue weighted by atomic mass is 10.0. The molecule has 0 bridgehead atoms. The summed E-state index contributed by atoms with van der Waals surface area (Å²) in [7, 11) is -7.67. The second kappa shape index (κ2) is 7.02. The van der Waals surface area contributed by atoms with E-state index >= 15 is 0 Å². The van der Waals surface area contributed by atoms with Crippen molar-refractivity contribution in [3.8, 4) is 0 Å². The van der Waals surface area contributed by atoms with Crippen LogP contribution in [0.15, 0.2) is 52.3 Å². The van der Waals surface area contributed by atoms with Gasteiger partial charge in [0.05, 0.1) is 15.5 Å². The van der Waals surface area contributed by atoms with Crippen molar-refractivity contribution in [1.29, 1.82) is 0 Å². The maximum atomic E-state index is 13.1. The number of nitrogens with two attached hydrogens (primary N) is 1. The van der Waals surface area contributed by atoms with Gasteiger partial charge in [0.2, 0.25) is 10.0 Å². The Balaban J connectivity index is 2.04. The zero-order valence-corrected chi connectivity index (χ0v) is 16.2. The molecule has 2 aromatic rings. The van der Waals surface area contributed by atoms with Crippen LogP contribution < -0.4 is 9.44 Å². The first kappa shape index (κ1) is 18.9. The molecule has 2 N–H and O–H groups in total. The highest BCUT2D eigenvalue weighted by molar-refractivity contribution is 7.92. The predicted molar refractivity (Wildman–Crippen MR) is 101 cm³/mol.